The van der Waals surface area contributed by atoms with Gasteiger partial charge in [-0.25, -0.2) is 18.0 Å². The average Bonchev–Trinajstić information content (AvgIpc) is 3.08. The molecule has 1 aliphatic rings. The number of fused-ring (bicyclic) bond motifs is 1. The van der Waals surface area contributed by atoms with Crippen LogP contribution < -0.4 is 10.6 Å². The first kappa shape index (κ1) is 21.2. The number of carbonyl (C=O) groups excluding carboxylic acids is 1. The predicted molar refractivity (Wildman–Crippen MR) is 109 cm³/mol. The molecule has 0 saturated heterocycles. The van der Waals surface area contributed by atoms with Crippen LogP contribution in [0.15, 0.2) is 36.4 Å². The van der Waals surface area contributed by atoms with Crippen LogP contribution in [0.2, 0.25) is 0 Å². The summed E-state index contributed by atoms with van der Waals surface area (Å²) in [4.78, 5) is 15.0. The third kappa shape index (κ3) is 4.24. The summed E-state index contributed by atoms with van der Waals surface area (Å²) in [7, 11) is 0. The van der Waals surface area contributed by atoms with Crippen molar-refractivity contribution in [3.05, 3.63) is 59.4 Å². The van der Waals surface area contributed by atoms with E-state index in [4.69, 9.17) is 10.2 Å². The SMILES string of the molecule is O=C(NC(CO)CO)NC1CC(c2c(-c3ccc(F)cc3)[nH]c3c(F)cc(F)cc23)C1. The molecule has 0 atom stereocenters. The Morgan fingerprint density at radius 1 is 1.06 bits per heavy atom. The Balaban J connectivity index is 1.59. The summed E-state index contributed by atoms with van der Waals surface area (Å²) in [5.41, 5.74) is 2.14. The lowest BCUT2D eigenvalue weighted by molar-refractivity contribution is 0.165. The molecule has 1 aromatic heterocycles. The first-order valence-corrected chi connectivity index (χ1v) is 9.95. The summed E-state index contributed by atoms with van der Waals surface area (Å²) in [5.74, 6) is -1.88. The summed E-state index contributed by atoms with van der Waals surface area (Å²) < 4.78 is 41.7. The second-order valence-corrected chi connectivity index (χ2v) is 7.78. The summed E-state index contributed by atoms with van der Waals surface area (Å²) >= 11 is 0. The molecule has 0 radical (unpaired) electrons. The third-order valence-electron chi connectivity index (χ3n) is 5.65. The Bertz CT molecular complexity index is 1090. The maximum absolute atomic E-state index is 14.4. The minimum Gasteiger partial charge on any atom is -0.394 e. The van der Waals surface area contributed by atoms with Crippen LogP contribution >= 0.6 is 0 Å². The number of hydrogen-bond donors (Lipinski definition) is 5. The van der Waals surface area contributed by atoms with Crippen molar-refractivity contribution in [1.29, 1.82) is 0 Å². The van der Waals surface area contributed by atoms with Crippen LogP contribution in [-0.4, -0.2) is 46.5 Å². The van der Waals surface area contributed by atoms with E-state index in [-0.39, 0.29) is 30.7 Å². The second-order valence-electron chi connectivity index (χ2n) is 7.78. The largest absolute Gasteiger partial charge is 0.394 e. The predicted octanol–water partition coefficient (Wildman–Crippen LogP) is 3.15. The van der Waals surface area contributed by atoms with Crippen LogP contribution in [0.3, 0.4) is 0 Å². The molecule has 3 aromatic rings. The zero-order valence-corrected chi connectivity index (χ0v) is 16.5. The Morgan fingerprint density at radius 2 is 1.74 bits per heavy atom. The fourth-order valence-electron chi connectivity index (χ4n) is 4.04. The van der Waals surface area contributed by atoms with Gasteiger partial charge in [-0.3, -0.25) is 0 Å². The first-order valence-electron chi connectivity index (χ1n) is 9.95. The number of benzene rings is 2. The van der Waals surface area contributed by atoms with Gasteiger partial charge in [0.15, 0.2) is 0 Å². The molecule has 2 amide bonds. The third-order valence-corrected chi connectivity index (χ3v) is 5.65. The molecule has 1 fully saturated rings. The number of aromatic nitrogens is 1. The Kier molecular flexibility index (Phi) is 5.88. The number of H-pyrrole nitrogens is 1. The van der Waals surface area contributed by atoms with E-state index in [1.54, 1.807) is 12.1 Å². The van der Waals surface area contributed by atoms with E-state index < -0.39 is 29.5 Å². The van der Waals surface area contributed by atoms with E-state index in [0.717, 1.165) is 11.6 Å². The summed E-state index contributed by atoms with van der Waals surface area (Å²) in [5, 5.41) is 23.8. The highest BCUT2D eigenvalue weighted by Crippen LogP contribution is 2.45. The van der Waals surface area contributed by atoms with Crippen LogP contribution in [0.25, 0.3) is 22.2 Å². The maximum Gasteiger partial charge on any atom is 0.315 e. The van der Waals surface area contributed by atoms with Crippen LogP contribution in [0, 0.1) is 17.5 Å². The van der Waals surface area contributed by atoms with Crippen molar-refractivity contribution in [2.45, 2.75) is 30.8 Å². The van der Waals surface area contributed by atoms with E-state index >= 15 is 0 Å². The molecule has 0 unspecified atom stereocenters. The minimum absolute atomic E-state index is 0.0771. The van der Waals surface area contributed by atoms with E-state index in [2.05, 4.69) is 15.6 Å². The Labute approximate surface area is 176 Å². The maximum atomic E-state index is 14.4. The second kappa shape index (κ2) is 8.60. The number of amides is 2. The van der Waals surface area contributed by atoms with Crippen molar-refractivity contribution in [1.82, 2.24) is 15.6 Å². The molecule has 1 aliphatic carbocycles. The molecule has 0 aliphatic heterocycles. The van der Waals surface area contributed by atoms with Crippen LogP contribution in [0.1, 0.15) is 24.3 Å². The molecule has 0 bridgehead atoms. The number of urea groups is 1. The molecule has 2 aromatic carbocycles. The molecule has 9 heteroatoms. The Hall–Kier alpha value is -3.04. The topological polar surface area (TPSA) is 97.4 Å². The van der Waals surface area contributed by atoms with Crippen LogP contribution in [0.5, 0.6) is 0 Å². The van der Waals surface area contributed by atoms with Crippen LogP contribution in [0.4, 0.5) is 18.0 Å². The highest BCUT2D eigenvalue weighted by Gasteiger charge is 2.35. The van der Waals surface area contributed by atoms with Gasteiger partial charge in [-0.2, -0.15) is 0 Å². The number of rotatable bonds is 6. The number of aromatic amines is 1. The van der Waals surface area contributed by atoms with Gasteiger partial charge >= 0.3 is 6.03 Å². The van der Waals surface area contributed by atoms with Crippen LogP contribution in [-0.2, 0) is 0 Å². The molecule has 31 heavy (non-hydrogen) atoms. The number of halogens is 3. The zero-order chi connectivity index (χ0) is 22.1. The van der Waals surface area contributed by atoms with Gasteiger partial charge < -0.3 is 25.8 Å². The zero-order valence-electron chi connectivity index (χ0n) is 16.5. The molecule has 164 valence electrons. The summed E-state index contributed by atoms with van der Waals surface area (Å²) in [6.07, 6.45) is 1.07. The smallest absolute Gasteiger partial charge is 0.315 e. The number of hydrogen-bond acceptors (Lipinski definition) is 3. The lowest BCUT2D eigenvalue weighted by atomic mass is 9.74. The molecule has 4 rings (SSSR count). The van der Waals surface area contributed by atoms with Gasteiger partial charge in [-0.1, -0.05) is 0 Å². The molecule has 1 saturated carbocycles. The van der Waals surface area contributed by atoms with Gasteiger partial charge in [0.1, 0.15) is 17.5 Å². The first-order chi connectivity index (χ1) is 14.9. The van der Waals surface area contributed by atoms with E-state index in [0.29, 0.717) is 29.5 Å². The van der Waals surface area contributed by atoms with E-state index in [1.165, 1.54) is 18.2 Å². The number of nitrogens with one attached hydrogen (secondary N) is 3. The Morgan fingerprint density at radius 3 is 2.39 bits per heavy atom. The summed E-state index contributed by atoms with van der Waals surface area (Å²) in [6, 6.07) is 6.40. The number of aliphatic hydroxyl groups is 2. The fourth-order valence-corrected chi connectivity index (χ4v) is 4.04. The van der Waals surface area contributed by atoms with Gasteiger partial charge in [-0.05, 0) is 60.2 Å². The lowest BCUT2D eigenvalue weighted by Gasteiger charge is -2.36. The molecule has 5 N–H and O–H groups in total. The lowest BCUT2D eigenvalue weighted by Crippen LogP contribution is -2.51. The van der Waals surface area contributed by atoms with Crippen molar-refractivity contribution in [3.63, 3.8) is 0 Å². The highest BCUT2D eigenvalue weighted by molar-refractivity contribution is 5.92. The molecular weight excluding hydrogens is 411 g/mol. The monoisotopic (exact) mass is 433 g/mol. The molecule has 6 nitrogen and oxygen atoms in total. The highest BCUT2D eigenvalue weighted by atomic mass is 19.1. The van der Waals surface area contributed by atoms with Gasteiger partial charge in [0.05, 0.1) is 30.5 Å². The van der Waals surface area contributed by atoms with Crippen molar-refractivity contribution in [2.75, 3.05) is 13.2 Å². The minimum atomic E-state index is -0.750. The fraction of sp³-hybridized carbons (Fsp3) is 0.318. The van der Waals surface area contributed by atoms with Gasteiger partial charge in [0.2, 0.25) is 0 Å². The summed E-state index contributed by atoms with van der Waals surface area (Å²) in [6.45, 7) is -0.768. The average molecular weight is 433 g/mol. The molecule has 1 heterocycles. The number of carbonyl (C=O) groups is 1. The quantitative estimate of drug-likeness (QED) is 0.413. The molecule has 0 spiro atoms. The van der Waals surface area contributed by atoms with Crippen molar-refractivity contribution >= 4 is 16.9 Å². The standard InChI is InChI=1S/C22H22F3N3O3/c23-13-3-1-11(2-4-13)20-19(17-7-14(24)8-18(25)21(17)28-20)12-5-15(6-12)26-22(31)27-16(9-29)10-30/h1-4,7-8,12,15-16,28-30H,5-6,9-10H2,(H2,26,27,31). The van der Waals surface area contributed by atoms with Crippen molar-refractivity contribution < 1.29 is 28.2 Å². The number of aliphatic hydroxyl groups excluding tert-OH is 2. The van der Waals surface area contributed by atoms with Gasteiger partial charge in [0.25, 0.3) is 0 Å². The van der Waals surface area contributed by atoms with E-state index in [9.17, 15) is 18.0 Å². The van der Waals surface area contributed by atoms with Crippen molar-refractivity contribution in [2.24, 2.45) is 0 Å². The van der Waals surface area contributed by atoms with Gasteiger partial charge in [-0.15, -0.1) is 0 Å². The van der Waals surface area contributed by atoms with Gasteiger partial charge in [0, 0.05) is 17.5 Å². The molecular formula is C22H22F3N3O3. The van der Waals surface area contributed by atoms with E-state index in [1.807, 2.05) is 0 Å². The normalized spacial score (nSPS) is 18.3. The van der Waals surface area contributed by atoms with Crippen molar-refractivity contribution in [3.8, 4) is 11.3 Å².